The summed E-state index contributed by atoms with van der Waals surface area (Å²) in [6, 6.07) is 12.3. The number of aryl methyl sites for hydroxylation is 1. The van der Waals surface area contributed by atoms with Crippen molar-refractivity contribution < 1.29 is 4.79 Å². The van der Waals surface area contributed by atoms with Gasteiger partial charge in [0, 0.05) is 17.6 Å². The molecule has 1 aromatic carbocycles. The zero-order chi connectivity index (χ0) is 16.5. The highest BCUT2D eigenvalue weighted by molar-refractivity contribution is 7.10. The van der Waals surface area contributed by atoms with Gasteiger partial charge in [-0.05, 0) is 35.9 Å². The number of amides is 1. The lowest BCUT2D eigenvalue weighted by molar-refractivity contribution is 0.0689. The summed E-state index contributed by atoms with van der Waals surface area (Å²) in [4.78, 5) is 24.8. The lowest BCUT2D eigenvalue weighted by Gasteiger charge is -2.36. The number of rotatable bonds is 2. The second kappa shape index (κ2) is 6.17. The molecular formula is C19H17N3OS. The van der Waals surface area contributed by atoms with E-state index < -0.39 is 0 Å². The fourth-order valence-electron chi connectivity index (χ4n) is 3.18. The van der Waals surface area contributed by atoms with Crippen LogP contribution in [-0.4, -0.2) is 27.3 Å². The van der Waals surface area contributed by atoms with E-state index in [-0.39, 0.29) is 11.9 Å². The van der Waals surface area contributed by atoms with E-state index >= 15 is 0 Å². The number of hydrogen-bond acceptors (Lipinski definition) is 4. The van der Waals surface area contributed by atoms with Crippen LogP contribution in [0.3, 0.4) is 0 Å². The van der Waals surface area contributed by atoms with E-state index in [1.807, 2.05) is 30.0 Å². The minimum absolute atomic E-state index is 0.0585. The number of fused-ring (bicyclic) bond motifs is 1. The Morgan fingerprint density at radius 2 is 2.00 bits per heavy atom. The van der Waals surface area contributed by atoms with Crippen molar-refractivity contribution in [2.45, 2.75) is 19.4 Å². The first-order valence-electron chi connectivity index (χ1n) is 7.95. The second-order valence-electron chi connectivity index (χ2n) is 5.90. The highest BCUT2D eigenvalue weighted by Gasteiger charge is 2.33. The van der Waals surface area contributed by atoms with Gasteiger partial charge in [-0.3, -0.25) is 9.78 Å². The van der Waals surface area contributed by atoms with Gasteiger partial charge in [-0.1, -0.05) is 30.3 Å². The maximum absolute atomic E-state index is 13.1. The lowest BCUT2D eigenvalue weighted by atomic mass is 9.93. The van der Waals surface area contributed by atoms with E-state index in [1.165, 1.54) is 10.4 Å². The largest absolute Gasteiger partial charge is 0.326 e. The molecule has 5 heteroatoms. The van der Waals surface area contributed by atoms with E-state index in [9.17, 15) is 4.79 Å². The average molecular weight is 335 g/mol. The molecule has 2 aromatic heterocycles. The van der Waals surface area contributed by atoms with Crippen LogP contribution in [-0.2, 0) is 6.42 Å². The van der Waals surface area contributed by atoms with Crippen LogP contribution in [0.5, 0.6) is 0 Å². The van der Waals surface area contributed by atoms with E-state index in [4.69, 9.17) is 0 Å². The Morgan fingerprint density at radius 1 is 1.17 bits per heavy atom. The number of nitrogens with zero attached hydrogens (tertiary/aromatic N) is 3. The predicted octanol–water partition coefficient (Wildman–Crippen LogP) is 3.63. The Morgan fingerprint density at radius 3 is 2.75 bits per heavy atom. The monoisotopic (exact) mass is 335 g/mol. The number of carbonyl (C=O) groups is 1. The van der Waals surface area contributed by atoms with Gasteiger partial charge in [-0.2, -0.15) is 0 Å². The lowest BCUT2D eigenvalue weighted by Crippen LogP contribution is -2.40. The van der Waals surface area contributed by atoms with Crippen molar-refractivity contribution in [3.8, 4) is 0 Å². The predicted molar refractivity (Wildman–Crippen MR) is 94.1 cm³/mol. The van der Waals surface area contributed by atoms with Gasteiger partial charge in [0.1, 0.15) is 5.69 Å². The van der Waals surface area contributed by atoms with Gasteiger partial charge < -0.3 is 4.90 Å². The molecule has 3 heterocycles. The van der Waals surface area contributed by atoms with Crippen molar-refractivity contribution >= 4 is 17.2 Å². The van der Waals surface area contributed by atoms with Crippen LogP contribution in [0.1, 0.15) is 38.2 Å². The normalized spacial score (nSPS) is 16.7. The zero-order valence-electron chi connectivity index (χ0n) is 13.3. The van der Waals surface area contributed by atoms with Crippen molar-refractivity contribution in [2.75, 3.05) is 6.54 Å². The number of carbonyl (C=O) groups excluding carboxylic acids is 1. The van der Waals surface area contributed by atoms with E-state index in [1.54, 1.807) is 23.7 Å². The summed E-state index contributed by atoms with van der Waals surface area (Å²) in [5.41, 5.74) is 3.57. The third-order valence-corrected chi connectivity index (χ3v) is 5.34. The van der Waals surface area contributed by atoms with Gasteiger partial charge in [0.25, 0.3) is 5.91 Å². The molecule has 0 aliphatic carbocycles. The summed E-state index contributed by atoms with van der Waals surface area (Å²) in [5.74, 6) is -0.0618. The van der Waals surface area contributed by atoms with Crippen LogP contribution < -0.4 is 0 Å². The topological polar surface area (TPSA) is 46.1 Å². The quantitative estimate of drug-likeness (QED) is 0.718. The van der Waals surface area contributed by atoms with Crippen LogP contribution >= 0.6 is 11.3 Å². The van der Waals surface area contributed by atoms with Crippen molar-refractivity contribution in [2.24, 2.45) is 0 Å². The highest BCUT2D eigenvalue weighted by atomic mass is 32.1. The molecule has 1 aliphatic rings. The first-order valence-corrected chi connectivity index (χ1v) is 8.83. The molecular weight excluding hydrogens is 318 g/mol. The molecule has 1 atom stereocenters. The van der Waals surface area contributed by atoms with Gasteiger partial charge in [0.2, 0.25) is 0 Å². The molecule has 0 bridgehead atoms. The molecule has 0 unspecified atom stereocenters. The zero-order valence-corrected chi connectivity index (χ0v) is 14.2. The van der Waals surface area contributed by atoms with Gasteiger partial charge in [-0.15, -0.1) is 11.3 Å². The second-order valence-corrected chi connectivity index (χ2v) is 6.90. The van der Waals surface area contributed by atoms with Gasteiger partial charge in [-0.25, -0.2) is 4.98 Å². The van der Waals surface area contributed by atoms with E-state index in [0.29, 0.717) is 12.2 Å². The molecule has 0 spiro atoms. The Kier molecular flexibility index (Phi) is 3.86. The van der Waals surface area contributed by atoms with Crippen molar-refractivity contribution in [3.05, 3.63) is 81.6 Å². The van der Waals surface area contributed by atoms with Crippen LogP contribution in [0.4, 0.5) is 0 Å². The maximum atomic E-state index is 13.1. The van der Waals surface area contributed by atoms with E-state index in [2.05, 4.69) is 33.5 Å². The van der Waals surface area contributed by atoms with E-state index in [0.717, 1.165) is 17.7 Å². The smallest absolute Gasteiger partial charge is 0.274 e. The van der Waals surface area contributed by atoms with Gasteiger partial charge in [0.15, 0.2) is 0 Å². The SMILES string of the molecule is Cc1cnc(C(=O)N2CCc3sccc3[C@H]2c2ccccc2)cn1. The number of thiophene rings is 1. The molecule has 0 radical (unpaired) electrons. The van der Waals surface area contributed by atoms with Crippen molar-refractivity contribution in [1.82, 2.24) is 14.9 Å². The number of aromatic nitrogens is 2. The Bertz CT molecular complexity index is 858. The van der Waals surface area contributed by atoms with Gasteiger partial charge in [0.05, 0.1) is 17.9 Å². The first kappa shape index (κ1) is 15.0. The van der Waals surface area contributed by atoms with Crippen LogP contribution in [0.15, 0.2) is 54.2 Å². The van der Waals surface area contributed by atoms with Crippen LogP contribution in [0.25, 0.3) is 0 Å². The minimum Gasteiger partial charge on any atom is -0.326 e. The average Bonchev–Trinajstić information content (AvgIpc) is 3.10. The van der Waals surface area contributed by atoms with Crippen molar-refractivity contribution in [1.29, 1.82) is 0 Å². The summed E-state index contributed by atoms with van der Waals surface area (Å²) in [6.45, 7) is 2.56. The van der Waals surface area contributed by atoms with Crippen LogP contribution in [0.2, 0.25) is 0 Å². The van der Waals surface area contributed by atoms with Crippen molar-refractivity contribution in [3.63, 3.8) is 0 Å². The number of hydrogen-bond donors (Lipinski definition) is 0. The van der Waals surface area contributed by atoms with Gasteiger partial charge >= 0.3 is 0 Å². The summed E-state index contributed by atoms with van der Waals surface area (Å²) < 4.78 is 0. The Balaban J connectivity index is 1.76. The molecule has 0 N–H and O–H groups in total. The molecule has 3 aromatic rings. The summed E-state index contributed by atoms with van der Waals surface area (Å²) >= 11 is 1.77. The summed E-state index contributed by atoms with van der Waals surface area (Å²) in [5, 5.41) is 2.11. The highest BCUT2D eigenvalue weighted by Crippen LogP contribution is 2.38. The standard InChI is InChI=1S/C19H17N3OS/c1-13-11-21-16(12-20-13)19(23)22-9-7-17-15(8-10-24-17)18(22)14-5-3-2-4-6-14/h2-6,8,10-12,18H,7,9H2,1H3/t18-/m1/s1. The molecule has 4 nitrogen and oxygen atoms in total. The molecule has 0 saturated carbocycles. The number of benzene rings is 1. The minimum atomic E-state index is -0.0618. The Labute approximate surface area is 144 Å². The third kappa shape index (κ3) is 2.61. The molecule has 24 heavy (non-hydrogen) atoms. The molecule has 120 valence electrons. The fraction of sp³-hybridized carbons (Fsp3) is 0.211. The molecule has 0 fully saturated rings. The summed E-state index contributed by atoms with van der Waals surface area (Å²) in [7, 11) is 0. The molecule has 1 amide bonds. The fourth-order valence-corrected chi connectivity index (χ4v) is 4.08. The first-order chi connectivity index (χ1) is 11.7. The van der Waals surface area contributed by atoms with Crippen LogP contribution in [0, 0.1) is 6.92 Å². The molecule has 4 rings (SSSR count). The maximum Gasteiger partial charge on any atom is 0.274 e. The molecule has 1 aliphatic heterocycles. The summed E-state index contributed by atoms with van der Waals surface area (Å²) in [6.07, 6.45) is 4.11. The third-order valence-electron chi connectivity index (χ3n) is 4.34. The molecule has 0 saturated heterocycles. The Hall–Kier alpha value is -2.53.